The largest absolute Gasteiger partial charge is 0.494 e. The summed E-state index contributed by atoms with van der Waals surface area (Å²) in [6.07, 6.45) is 6.50. The van der Waals surface area contributed by atoms with Crippen LogP contribution in [0.3, 0.4) is 0 Å². The van der Waals surface area contributed by atoms with Crippen LogP contribution in [0.15, 0.2) is 23.4 Å². The summed E-state index contributed by atoms with van der Waals surface area (Å²) in [7, 11) is 0. The molecule has 0 radical (unpaired) electrons. The van der Waals surface area contributed by atoms with E-state index in [-0.39, 0.29) is 68.4 Å². The third kappa shape index (κ3) is 22.9. The van der Waals surface area contributed by atoms with Gasteiger partial charge in [0.05, 0.1) is 19.1 Å². The van der Waals surface area contributed by atoms with E-state index in [4.69, 9.17) is 21.0 Å². The molecule has 13 N–H and O–H groups in total. The number of aliphatic hydroxyl groups is 1. The molecule has 5 rings (SSSR count). The summed E-state index contributed by atoms with van der Waals surface area (Å²) in [5, 5.41) is 43.3. The summed E-state index contributed by atoms with van der Waals surface area (Å²) in [5.41, 5.74) is 13.1. The van der Waals surface area contributed by atoms with Gasteiger partial charge in [-0.15, -0.1) is 0 Å². The van der Waals surface area contributed by atoms with E-state index in [9.17, 15) is 58.2 Å². The molecule has 10 amide bonds. The van der Waals surface area contributed by atoms with Crippen molar-refractivity contribution in [3.63, 3.8) is 0 Å². The first-order chi connectivity index (χ1) is 42.1. The molecule has 30 heteroatoms. The van der Waals surface area contributed by atoms with Gasteiger partial charge in [-0.2, -0.15) is 35.3 Å². The van der Waals surface area contributed by atoms with E-state index >= 15 is 4.79 Å². The lowest BCUT2D eigenvalue weighted by Crippen LogP contribution is -2.62. The number of oxime groups is 1. The number of aliphatic hydroxyl groups excluding tert-OH is 1. The zero-order valence-corrected chi connectivity index (χ0v) is 53.2. The number of carboxylic acid groups (broad SMARTS) is 1. The second-order valence-corrected chi connectivity index (χ2v) is 25.6. The summed E-state index contributed by atoms with van der Waals surface area (Å²) in [6.45, 7) is 5.82. The van der Waals surface area contributed by atoms with Crippen molar-refractivity contribution < 1.29 is 72.5 Å². The number of hydrogen-bond donors (Lipinski definition) is 11. The van der Waals surface area contributed by atoms with Crippen LogP contribution in [0.1, 0.15) is 128 Å². The van der Waals surface area contributed by atoms with Crippen molar-refractivity contribution >= 4 is 107 Å². The van der Waals surface area contributed by atoms with Gasteiger partial charge in [0, 0.05) is 36.1 Å². The Bertz CT molecular complexity index is 2600. The first-order valence-electron chi connectivity index (χ1n) is 30.3. The highest BCUT2D eigenvalue weighted by atomic mass is 32.2. The minimum atomic E-state index is -1.78. The fraction of sp³-hybridized carbons (Fsp3) is 0.690. The van der Waals surface area contributed by atoms with Crippen LogP contribution < -0.4 is 53.4 Å². The Morgan fingerprint density at radius 1 is 0.693 bits per heavy atom. The van der Waals surface area contributed by atoms with E-state index in [1.165, 1.54) is 52.0 Å². The van der Waals surface area contributed by atoms with Crippen LogP contribution in [-0.4, -0.2) is 208 Å². The van der Waals surface area contributed by atoms with Crippen molar-refractivity contribution in [2.24, 2.45) is 22.5 Å². The fourth-order valence-electron chi connectivity index (χ4n) is 10.6. The number of nitrogens with zero attached hydrogens (tertiary/aromatic N) is 3. The quantitative estimate of drug-likeness (QED) is 0.111. The van der Waals surface area contributed by atoms with Crippen LogP contribution in [0.25, 0.3) is 0 Å². The molecule has 27 nitrogen and oxygen atoms in total. The molecule has 2 fully saturated rings. The molecule has 11 atom stereocenters. The van der Waals surface area contributed by atoms with Crippen LogP contribution >= 0.6 is 35.3 Å². The summed E-state index contributed by atoms with van der Waals surface area (Å²) >= 11 is 3.91. The number of hydrogen-bond acceptors (Lipinski definition) is 19. The second kappa shape index (κ2) is 37.6. The monoisotopic (exact) mass is 1290 g/mol. The van der Waals surface area contributed by atoms with Crippen LogP contribution in [0.2, 0.25) is 0 Å². The molecule has 490 valence electrons. The number of thioether (sulfide) groups is 3. The summed E-state index contributed by atoms with van der Waals surface area (Å²) in [5.74, 6) is -8.77. The lowest BCUT2D eigenvalue weighted by Gasteiger charge is -2.33. The number of rotatable bonds is 14. The Labute approximate surface area is 526 Å². The molecule has 88 heavy (non-hydrogen) atoms. The smallest absolute Gasteiger partial charge is 0.305 e. The first-order valence-corrected chi connectivity index (χ1v) is 34.0. The molecular weight excluding hydrogens is 1200 g/mol. The van der Waals surface area contributed by atoms with E-state index in [0.29, 0.717) is 76.0 Å². The normalized spacial score (nSPS) is 27.2. The van der Waals surface area contributed by atoms with Gasteiger partial charge in [0.2, 0.25) is 53.2 Å². The Balaban J connectivity index is 1.57. The molecule has 4 heterocycles. The number of carbonyl (C=O) groups excluding carboxylic acids is 10. The second-order valence-electron chi connectivity index (χ2n) is 22.5. The summed E-state index contributed by atoms with van der Waals surface area (Å²) in [4.78, 5) is 162. The molecule has 0 saturated carbocycles. The Morgan fingerprint density at radius 3 is 1.91 bits per heavy atom. The number of carboxylic acids is 1. The molecule has 4 aliphatic rings. The zero-order valence-electron chi connectivity index (χ0n) is 50.8. The summed E-state index contributed by atoms with van der Waals surface area (Å²) < 4.78 is 6.27. The minimum absolute atomic E-state index is 0.00764. The van der Waals surface area contributed by atoms with Gasteiger partial charge in [0.15, 0.2) is 0 Å². The van der Waals surface area contributed by atoms with Gasteiger partial charge >= 0.3 is 5.97 Å². The predicted octanol–water partition coefficient (Wildman–Crippen LogP) is 0.156. The van der Waals surface area contributed by atoms with E-state index in [0.717, 1.165) is 30.2 Å². The highest BCUT2D eigenvalue weighted by Crippen LogP contribution is 2.28. The molecule has 4 aliphatic heterocycles. The van der Waals surface area contributed by atoms with Crippen LogP contribution in [0.4, 0.5) is 0 Å². The van der Waals surface area contributed by atoms with Crippen LogP contribution in [-0.2, 0) is 69.1 Å². The number of carbonyl (C=O) groups is 11. The number of unbranched alkanes of at least 4 members (excludes halogenated alkanes) is 2. The van der Waals surface area contributed by atoms with Crippen molar-refractivity contribution in [1.82, 2.24) is 47.0 Å². The SMILES string of the molecule is CC[C@H](C)[C@@H]1NC(=O)[C@H](CC(=O)O)NC(=O)[C@H](CCSC)NC(=O)[C@@H]2CCCN2C(=O)[C@@H]2CSCc3cc(cc(c3)OCCCCCCO/N=C/C(=O)N[C@@H](CCCCCN)C(=O)N2)CSC[C@@H](C(N)=O)NC(=O)[C@H]([C@@H](C)O)NC(=O)[C@@H]2CCCN2C1=O. The van der Waals surface area contributed by atoms with Gasteiger partial charge in [-0.1, -0.05) is 44.3 Å². The van der Waals surface area contributed by atoms with Crippen molar-refractivity contribution in [2.75, 3.05) is 56.4 Å². The number of benzene rings is 1. The van der Waals surface area contributed by atoms with Gasteiger partial charge < -0.3 is 78.3 Å². The number of ether oxygens (including phenoxy) is 1. The van der Waals surface area contributed by atoms with E-state index in [1.54, 1.807) is 20.1 Å². The van der Waals surface area contributed by atoms with Crippen molar-refractivity contribution in [3.8, 4) is 5.75 Å². The number of primary amides is 1. The van der Waals surface area contributed by atoms with Gasteiger partial charge in [-0.25, -0.2) is 0 Å². The highest BCUT2D eigenvalue weighted by Gasteiger charge is 2.43. The molecular formula is C58H90N12O15S3. The average Bonchev–Trinajstić information content (AvgIpc) is 4.10. The fourth-order valence-corrected chi connectivity index (χ4v) is 13.0. The number of nitrogens with one attached hydrogen (secondary N) is 7. The minimum Gasteiger partial charge on any atom is -0.494 e. The number of fused-ring (bicyclic) bond motifs is 7. The number of aliphatic carboxylic acids is 1. The topological polar surface area (TPSA) is 402 Å². The van der Waals surface area contributed by atoms with Gasteiger partial charge in [0.25, 0.3) is 5.91 Å². The maximum atomic E-state index is 15.1. The molecule has 4 bridgehead atoms. The first kappa shape index (κ1) is 72.4. The molecule has 0 unspecified atom stereocenters. The third-order valence-electron chi connectivity index (χ3n) is 15.7. The predicted molar refractivity (Wildman–Crippen MR) is 333 cm³/mol. The van der Waals surface area contributed by atoms with Crippen molar-refractivity contribution in [1.29, 1.82) is 0 Å². The Kier molecular flexibility index (Phi) is 30.9. The maximum Gasteiger partial charge on any atom is 0.305 e. The maximum absolute atomic E-state index is 15.1. The van der Waals surface area contributed by atoms with Gasteiger partial charge in [0.1, 0.15) is 72.9 Å². The molecule has 0 aromatic heterocycles. The average molecular weight is 1290 g/mol. The lowest BCUT2D eigenvalue weighted by atomic mass is 9.96. The van der Waals surface area contributed by atoms with E-state index in [2.05, 4.69) is 42.4 Å². The molecule has 0 spiro atoms. The lowest BCUT2D eigenvalue weighted by molar-refractivity contribution is -0.145. The van der Waals surface area contributed by atoms with E-state index < -0.39 is 138 Å². The summed E-state index contributed by atoms with van der Waals surface area (Å²) in [6, 6.07) is -6.52. The Morgan fingerprint density at radius 2 is 1.28 bits per heavy atom. The van der Waals surface area contributed by atoms with Crippen LogP contribution in [0.5, 0.6) is 5.75 Å². The van der Waals surface area contributed by atoms with Gasteiger partial charge in [-0.05, 0) is 125 Å². The van der Waals surface area contributed by atoms with E-state index in [1.807, 2.05) is 18.2 Å². The highest BCUT2D eigenvalue weighted by molar-refractivity contribution is 7.99. The Hall–Kier alpha value is -6.37. The third-order valence-corrected chi connectivity index (χ3v) is 18.5. The number of nitrogens with two attached hydrogens (primary N) is 2. The number of amides is 10. The van der Waals surface area contributed by atoms with Crippen LogP contribution in [0, 0.1) is 5.92 Å². The zero-order chi connectivity index (χ0) is 64.3. The molecule has 0 aliphatic carbocycles. The standard InChI is InChI=1S/C58H90N12O15S3/c1-5-34(2)48-58(83)70-21-14-17-45(70)55(80)68-49(35(3)71)56(81)65-42(50(60)75)32-87-30-36-25-37-27-38(26-36)84-22-11-6-7-12-23-85-61-29-46(72)62-39(15-9-8-10-19-59)51(76)66-43(33-88-31-37)57(82)69-20-13-16-44(69)54(79)63-40(18-24-86-4)52(77)64-41(28-47(73)74)53(78)67-48/h25-27,29,34-35,39-45,48-49,71H,5-24,28,30-33,59H2,1-4H3,(H2,60,75)(H,62,72)(H,63,79)(H,64,77)(H,65,81)(H,66,76)(H,67,78)(H,68,80)(H,73,74)/b61-29+/t34-,35+,39-,40-,41-,42-,43-,44-,45-,48-,49-/m0/s1. The molecule has 1 aromatic carbocycles. The van der Waals surface area contributed by atoms with Crippen molar-refractivity contribution in [3.05, 3.63) is 29.3 Å². The van der Waals surface area contributed by atoms with Crippen molar-refractivity contribution in [2.45, 2.75) is 189 Å². The van der Waals surface area contributed by atoms with Gasteiger partial charge in [-0.3, -0.25) is 52.7 Å². The molecule has 2 saturated heterocycles. The molecule has 1 aromatic rings.